The van der Waals surface area contributed by atoms with Gasteiger partial charge >= 0.3 is 0 Å². The van der Waals surface area contributed by atoms with Crippen LogP contribution in [0.15, 0.2) is 53.1 Å². The molecule has 1 amide bonds. The van der Waals surface area contributed by atoms with Crippen LogP contribution in [0.2, 0.25) is 0 Å². The van der Waals surface area contributed by atoms with E-state index < -0.39 is 0 Å². The van der Waals surface area contributed by atoms with Crippen molar-refractivity contribution in [1.82, 2.24) is 4.98 Å². The van der Waals surface area contributed by atoms with Crippen LogP contribution >= 0.6 is 15.9 Å². The fourth-order valence-electron chi connectivity index (χ4n) is 1.58. The predicted octanol–water partition coefficient (Wildman–Crippen LogP) is 3.63. The van der Waals surface area contributed by atoms with Crippen LogP contribution < -0.4 is 5.32 Å². The van der Waals surface area contributed by atoms with Gasteiger partial charge in [-0.05, 0) is 51.8 Å². The summed E-state index contributed by atoms with van der Waals surface area (Å²) >= 11 is 3.23. The molecule has 1 aromatic carbocycles. The lowest BCUT2D eigenvalue weighted by Gasteiger charge is -2.05. The summed E-state index contributed by atoms with van der Waals surface area (Å²) in [5.41, 5.74) is 1.82. The third kappa shape index (κ3) is 3.77. The van der Waals surface area contributed by atoms with E-state index >= 15 is 0 Å². The first kappa shape index (κ1) is 14.0. The smallest absolute Gasteiger partial charge is 0.274 e. The molecule has 98 valence electrons. The van der Waals surface area contributed by atoms with Crippen molar-refractivity contribution in [2.45, 2.75) is 0 Å². The number of amides is 1. The van der Waals surface area contributed by atoms with Crippen molar-refractivity contribution in [3.05, 3.63) is 64.4 Å². The number of rotatable bonds is 3. The molecular formula is C15H10BrN3O. The Hall–Kier alpha value is -2.45. The van der Waals surface area contributed by atoms with Crippen molar-refractivity contribution < 1.29 is 4.79 Å². The van der Waals surface area contributed by atoms with Gasteiger partial charge in [0.25, 0.3) is 5.91 Å². The van der Waals surface area contributed by atoms with E-state index in [4.69, 9.17) is 5.26 Å². The van der Waals surface area contributed by atoms with Crippen molar-refractivity contribution in [2.75, 3.05) is 5.32 Å². The average molecular weight is 328 g/mol. The zero-order valence-corrected chi connectivity index (χ0v) is 12.0. The number of allylic oxidation sites excluding steroid dienone is 1. The van der Waals surface area contributed by atoms with Gasteiger partial charge in [-0.2, -0.15) is 5.26 Å². The monoisotopic (exact) mass is 327 g/mol. The third-order valence-corrected chi connectivity index (χ3v) is 2.88. The number of aromatic nitrogens is 1. The number of nitriles is 1. The normalized spacial score (nSPS) is 10.2. The molecule has 0 aliphatic carbocycles. The molecule has 0 saturated carbocycles. The minimum Gasteiger partial charge on any atom is -0.321 e. The molecular weight excluding hydrogens is 318 g/mol. The van der Waals surface area contributed by atoms with Crippen molar-refractivity contribution in [2.24, 2.45) is 0 Å². The largest absolute Gasteiger partial charge is 0.321 e. The Bertz CT molecular complexity index is 704. The number of halogens is 1. The van der Waals surface area contributed by atoms with Crippen LogP contribution in [-0.2, 0) is 0 Å². The highest BCUT2D eigenvalue weighted by Gasteiger charge is 2.07. The first-order valence-electron chi connectivity index (χ1n) is 5.79. The van der Waals surface area contributed by atoms with Crippen LogP contribution in [0, 0.1) is 11.3 Å². The summed E-state index contributed by atoms with van der Waals surface area (Å²) in [5, 5.41) is 11.3. The number of anilines is 1. The van der Waals surface area contributed by atoms with Gasteiger partial charge in [0.15, 0.2) is 0 Å². The van der Waals surface area contributed by atoms with Gasteiger partial charge in [-0.3, -0.25) is 4.79 Å². The lowest BCUT2D eigenvalue weighted by molar-refractivity contribution is 0.102. The summed E-state index contributed by atoms with van der Waals surface area (Å²) in [6.07, 6.45) is 3.06. The Morgan fingerprint density at radius 2 is 2.10 bits per heavy atom. The van der Waals surface area contributed by atoms with E-state index in [-0.39, 0.29) is 5.91 Å². The first-order valence-corrected chi connectivity index (χ1v) is 6.58. The summed E-state index contributed by atoms with van der Waals surface area (Å²) in [4.78, 5) is 16.1. The minimum absolute atomic E-state index is 0.285. The lowest BCUT2D eigenvalue weighted by atomic mass is 10.2. The summed E-state index contributed by atoms with van der Waals surface area (Å²) in [6, 6.07) is 14.3. The molecule has 2 aromatic rings. The second-order valence-corrected chi connectivity index (χ2v) is 4.70. The molecule has 5 heteroatoms. The number of carbonyl (C=O) groups excluding carboxylic acids is 1. The van der Waals surface area contributed by atoms with Crippen LogP contribution in [0.5, 0.6) is 0 Å². The second-order valence-electron chi connectivity index (χ2n) is 3.89. The highest BCUT2D eigenvalue weighted by atomic mass is 79.9. The van der Waals surface area contributed by atoms with Gasteiger partial charge in [0, 0.05) is 11.8 Å². The number of carbonyl (C=O) groups is 1. The molecule has 0 spiro atoms. The first-order chi connectivity index (χ1) is 9.69. The van der Waals surface area contributed by atoms with E-state index in [0.717, 1.165) is 5.56 Å². The van der Waals surface area contributed by atoms with Crippen LogP contribution in [0.25, 0.3) is 6.08 Å². The van der Waals surface area contributed by atoms with Gasteiger partial charge in [0.1, 0.15) is 10.3 Å². The summed E-state index contributed by atoms with van der Waals surface area (Å²) in [5.74, 6) is -0.285. The Morgan fingerprint density at radius 1 is 1.30 bits per heavy atom. The Kier molecular flexibility index (Phi) is 4.64. The molecule has 0 atom stereocenters. The SMILES string of the molecule is N#C/C=C/c1cccc(NC(=O)c2cccc(Br)n2)c1. The maximum absolute atomic E-state index is 12.0. The highest BCUT2D eigenvalue weighted by molar-refractivity contribution is 9.10. The maximum Gasteiger partial charge on any atom is 0.274 e. The number of nitrogens with zero attached hydrogens (tertiary/aromatic N) is 2. The van der Waals surface area contributed by atoms with Crippen molar-refractivity contribution in [3.8, 4) is 6.07 Å². The van der Waals surface area contributed by atoms with Gasteiger partial charge in [0.2, 0.25) is 0 Å². The molecule has 2 rings (SSSR count). The van der Waals surface area contributed by atoms with Gasteiger partial charge in [0.05, 0.1) is 6.07 Å². The molecule has 0 aliphatic rings. The molecule has 0 unspecified atom stereocenters. The van der Waals surface area contributed by atoms with Crippen molar-refractivity contribution in [1.29, 1.82) is 5.26 Å². The van der Waals surface area contributed by atoms with Crippen LogP contribution in [0.1, 0.15) is 16.1 Å². The molecule has 0 saturated heterocycles. The Labute approximate surface area is 124 Å². The average Bonchev–Trinajstić information content (AvgIpc) is 2.45. The lowest BCUT2D eigenvalue weighted by Crippen LogP contribution is -2.13. The minimum atomic E-state index is -0.285. The van der Waals surface area contributed by atoms with Gasteiger partial charge in [-0.25, -0.2) is 4.98 Å². The quantitative estimate of drug-likeness (QED) is 0.691. The van der Waals surface area contributed by atoms with E-state index in [1.807, 2.05) is 12.1 Å². The molecule has 0 fully saturated rings. The van der Waals surface area contributed by atoms with E-state index in [1.165, 1.54) is 6.08 Å². The van der Waals surface area contributed by atoms with Gasteiger partial charge in [-0.15, -0.1) is 0 Å². The van der Waals surface area contributed by atoms with Gasteiger partial charge < -0.3 is 5.32 Å². The van der Waals surface area contributed by atoms with E-state index in [2.05, 4.69) is 26.2 Å². The predicted molar refractivity (Wildman–Crippen MR) is 81.0 cm³/mol. The van der Waals surface area contributed by atoms with E-state index in [1.54, 1.807) is 42.5 Å². The Morgan fingerprint density at radius 3 is 2.85 bits per heavy atom. The van der Waals surface area contributed by atoms with Crippen molar-refractivity contribution in [3.63, 3.8) is 0 Å². The standard InChI is InChI=1S/C15H10BrN3O/c16-14-8-2-7-13(19-14)15(20)18-12-6-1-4-11(10-12)5-3-9-17/h1-8,10H,(H,18,20)/b5-3+. The molecule has 4 nitrogen and oxygen atoms in total. The van der Waals surface area contributed by atoms with Crippen LogP contribution in [-0.4, -0.2) is 10.9 Å². The summed E-state index contributed by atoms with van der Waals surface area (Å²) < 4.78 is 0.607. The molecule has 0 radical (unpaired) electrons. The molecule has 20 heavy (non-hydrogen) atoms. The maximum atomic E-state index is 12.0. The summed E-state index contributed by atoms with van der Waals surface area (Å²) in [6.45, 7) is 0. The van der Waals surface area contributed by atoms with E-state index in [0.29, 0.717) is 16.0 Å². The second kappa shape index (κ2) is 6.64. The number of hydrogen-bond donors (Lipinski definition) is 1. The summed E-state index contributed by atoms with van der Waals surface area (Å²) in [7, 11) is 0. The van der Waals surface area contributed by atoms with Crippen LogP contribution in [0.4, 0.5) is 5.69 Å². The number of hydrogen-bond acceptors (Lipinski definition) is 3. The topological polar surface area (TPSA) is 65.8 Å². The third-order valence-electron chi connectivity index (χ3n) is 2.44. The Balaban J connectivity index is 2.16. The zero-order valence-electron chi connectivity index (χ0n) is 10.4. The fourth-order valence-corrected chi connectivity index (χ4v) is 1.93. The zero-order chi connectivity index (χ0) is 14.4. The van der Waals surface area contributed by atoms with Gasteiger partial charge in [-0.1, -0.05) is 18.2 Å². The molecule has 1 aromatic heterocycles. The number of benzene rings is 1. The number of nitrogens with one attached hydrogen (secondary N) is 1. The molecule has 1 heterocycles. The molecule has 0 bridgehead atoms. The highest BCUT2D eigenvalue weighted by Crippen LogP contribution is 2.14. The van der Waals surface area contributed by atoms with Crippen LogP contribution in [0.3, 0.4) is 0 Å². The fraction of sp³-hybridized carbons (Fsp3) is 0. The molecule has 0 aliphatic heterocycles. The van der Waals surface area contributed by atoms with Crippen molar-refractivity contribution >= 4 is 33.6 Å². The molecule has 1 N–H and O–H groups in total. The number of pyridine rings is 1. The van der Waals surface area contributed by atoms with E-state index in [9.17, 15) is 4.79 Å².